The lowest BCUT2D eigenvalue weighted by Crippen LogP contribution is -2.53. The van der Waals surface area contributed by atoms with Gasteiger partial charge in [0.05, 0.1) is 12.0 Å². The van der Waals surface area contributed by atoms with Crippen LogP contribution in [0.1, 0.15) is 31.7 Å². The molecule has 1 saturated heterocycles. The van der Waals surface area contributed by atoms with Crippen molar-refractivity contribution in [2.24, 2.45) is 0 Å². The summed E-state index contributed by atoms with van der Waals surface area (Å²) in [6, 6.07) is 10.1. The highest BCUT2D eigenvalue weighted by atomic mass is 16.2. The molecule has 1 aromatic carbocycles. The van der Waals surface area contributed by atoms with E-state index in [0.29, 0.717) is 19.6 Å². The van der Waals surface area contributed by atoms with Crippen LogP contribution in [0, 0.1) is 0 Å². The summed E-state index contributed by atoms with van der Waals surface area (Å²) in [7, 11) is 0. The SMILES string of the molecule is CCCNC(=O)CN1CCN(C(=O)C2(c3ccccc3)CC2)CC1. The average Bonchev–Trinajstić information content (AvgIpc) is 3.43. The van der Waals surface area contributed by atoms with Crippen LogP contribution in [-0.4, -0.2) is 60.9 Å². The quantitative estimate of drug-likeness (QED) is 0.858. The zero-order valence-electron chi connectivity index (χ0n) is 14.5. The van der Waals surface area contributed by atoms with Crippen molar-refractivity contribution < 1.29 is 9.59 Å². The van der Waals surface area contributed by atoms with E-state index in [4.69, 9.17) is 0 Å². The first kappa shape index (κ1) is 17.0. The molecule has 5 heteroatoms. The van der Waals surface area contributed by atoms with Crippen molar-refractivity contribution in [3.63, 3.8) is 0 Å². The van der Waals surface area contributed by atoms with Gasteiger partial charge in [0.25, 0.3) is 0 Å². The van der Waals surface area contributed by atoms with Crippen LogP contribution >= 0.6 is 0 Å². The van der Waals surface area contributed by atoms with Crippen LogP contribution in [0.4, 0.5) is 0 Å². The Hall–Kier alpha value is -1.88. The highest BCUT2D eigenvalue weighted by Gasteiger charge is 2.53. The minimum atomic E-state index is -0.276. The summed E-state index contributed by atoms with van der Waals surface area (Å²) in [6.45, 7) is 6.20. The first-order chi connectivity index (χ1) is 11.7. The Morgan fingerprint density at radius 1 is 1.08 bits per heavy atom. The fourth-order valence-corrected chi connectivity index (χ4v) is 3.44. The smallest absolute Gasteiger partial charge is 0.234 e. The maximum absolute atomic E-state index is 13.0. The van der Waals surface area contributed by atoms with E-state index in [0.717, 1.165) is 44.5 Å². The van der Waals surface area contributed by atoms with Crippen LogP contribution in [0.25, 0.3) is 0 Å². The van der Waals surface area contributed by atoms with Crippen molar-refractivity contribution in [3.8, 4) is 0 Å². The molecule has 0 aromatic heterocycles. The molecule has 1 saturated carbocycles. The molecule has 1 aliphatic carbocycles. The van der Waals surface area contributed by atoms with Crippen LogP contribution in [0.5, 0.6) is 0 Å². The maximum Gasteiger partial charge on any atom is 0.234 e. The molecule has 2 fully saturated rings. The van der Waals surface area contributed by atoms with Crippen molar-refractivity contribution >= 4 is 11.8 Å². The number of amides is 2. The van der Waals surface area contributed by atoms with Gasteiger partial charge < -0.3 is 10.2 Å². The van der Waals surface area contributed by atoms with Crippen molar-refractivity contribution in [2.45, 2.75) is 31.6 Å². The standard InChI is InChI=1S/C19H27N3O2/c1-2-10-20-17(23)15-21-11-13-22(14-12-21)18(24)19(8-9-19)16-6-4-3-5-7-16/h3-7H,2,8-15H2,1H3,(H,20,23). The molecule has 130 valence electrons. The summed E-state index contributed by atoms with van der Waals surface area (Å²) >= 11 is 0. The molecule has 0 atom stereocenters. The Morgan fingerprint density at radius 3 is 2.33 bits per heavy atom. The summed E-state index contributed by atoms with van der Waals surface area (Å²) < 4.78 is 0. The second kappa shape index (κ2) is 7.34. The van der Waals surface area contributed by atoms with Crippen LogP contribution in [0.3, 0.4) is 0 Å². The average molecular weight is 329 g/mol. The van der Waals surface area contributed by atoms with Gasteiger partial charge in [-0.3, -0.25) is 14.5 Å². The lowest BCUT2D eigenvalue weighted by atomic mass is 9.94. The lowest BCUT2D eigenvalue weighted by Gasteiger charge is -2.36. The molecule has 5 nitrogen and oxygen atoms in total. The number of benzene rings is 1. The number of carbonyl (C=O) groups is 2. The van der Waals surface area contributed by atoms with E-state index in [1.165, 1.54) is 0 Å². The van der Waals surface area contributed by atoms with Gasteiger partial charge in [0, 0.05) is 32.7 Å². The van der Waals surface area contributed by atoms with Crippen molar-refractivity contribution in [3.05, 3.63) is 35.9 Å². The van der Waals surface area contributed by atoms with Gasteiger partial charge >= 0.3 is 0 Å². The third-order valence-corrected chi connectivity index (χ3v) is 5.08. The van der Waals surface area contributed by atoms with Crippen molar-refractivity contribution in [2.75, 3.05) is 39.3 Å². The van der Waals surface area contributed by atoms with Crippen molar-refractivity contribution in [1.29, 1.82) is 0 Å². The Balaban J connectivity index is 1.52. The largest absolute Gasteiger partial charge is 0.355 e. The summed E-state index contributed by atoms with van der Waals surface area (Å²) in [5.41, 5.74) is 0.874. The molecule has 2 amide bonds. The second-order valence-electron chi connectivity index (χ2n) is 6.87. The van der Waals surface area contributed by atoms with E-state index >= 15 is 0 Å². The number of nitrogens with zero attached hydrogens (tertiary/aromatic N) is 2. The second-order valence-corrected chi connectivity index (χ2v) is 6.87. The summed E-state index contributed by atoms with van der Waals surface area (Å²) in [6.07, 6.45) is 2.86. The Labute approximate surface area is 144 Å². The predicted octanol–water partition coefficient (Wildman–Crippen LogP) is 1.39. The van der Waals surface area contributed by atoms with Gasteiger partial charge in [-0.25, -0.2) is 0 Å². The van der Waals surface area contributed by atoms with E-state index in [9.17, 15) is 9.59 Å². The molecule has 0 spiro atoms. The van der Waals surface area contributed by atoms with E-state index < -0.39 is 0 Å². The molecule has 1 N–H and O–H groups in total. The molecule has 0 unspecified atom stereocenters. The minimum Gasteiger partial charge on any atom is -0.355 e. The van der Waals surface area contributed by atoms with Crippen LogP contribution < -0.4 is 5.32 Å². The topological polar surface area (TPSA) is 52.7 Å². The van der Waals surface area contributed by atoms with E-state index in [2.05, 4.69) is 22.3 Å². The normalized spacial score (nSPS) is 19.8. The van der Waals surface area contributed by atoms with Gasteiger partial charge in [-0.05, 0) is 24.8 Å². The molecule has 1 aromatic rings. The van der Waals surface area contributed by atoms with Gasteiger partial charge in [-0.1, -0.05) is 37.3 Å². The van der Waals surface area contributed by atoms with Gasteiger partial charge in [0.15, 0.2) is 0 Å². The summed E-state index contributed by atoms with van der Waals surface area (Å²) in [5, 5.41) is 2.91. The Morgan fingerprint density at radius 2 is 1.75 bits per heavy atom. The first-order valence-electron chi connectivity index (χ1n) is 8.99. The van der Waals surface area contributed by atoms with Crippen LogP contribution in [0.2, 0.25) is 0 Å². The molecular formula is C19H27N3O2. The third-order valence-electron chi connectivity index (χ3n) is 5.08. The number of rotatable bonds is 6. The number of carbonyl (C=O) groups excluding carboxylic acids is 2. The number of nitrogens with one attached hydrogen (secondary N) is 1. The van der Waals surface area contributed by atoms with Gasteiger partial charge in [0.1, 0.15) is 0 Å². The van der Waals surface area contributed by atoms with Crippen LogP contribution in [0.15, 0.2) is 30.3 Å². The maximum atomic E-state index is 13.0. The minimum absolute atomic E-state index is 0.0829. The molecular weight excluding hydrogens is 302 g/mol. The Kier molecular flexibility index (Phi) is 5.19. The molecule has 1 aliphatic heterocycles. The molecule has 0 radical (unpaired) electrons. The zero-order chi connectivity index (χ0) is 17.0. The number of hydrogen-bond acceptors (Lipinski definition) is 3. The summed E-state index contributed by atoms with van der Waals surface area (Å²) in [4.78, 5) is 28.9. The van der Waals surface area contributed by atoms with Gasteiger partial charge in [-0.2, -0.15) is 0 Å². The molecule has 24 heavy (non-hydrogen) atoms. The fraction of sp³-hybridized carbons (Fsp3) is 0.579. The first-order valence-corrected chi connectivity index (χ1v) is 8.99. The van der Waals surface area contributed by atoms with Crippen molar-refractivity contribution in [1.82, 2.24) is 15.1 Å². The van der Waals surface area contributed by atoms with E-state index in [1.807, 2.05) is 30.0 Å². The van der Waals surface area contributed by atoms with Crippen LogP contribution in [-0.2, 0) is 15.0 Å². The summed E-state index contributed by atoms with van der Waals surface area (Å²) in [5.74, 6) is 0.350. The number of hydrogen-bond donors (Lipinski definition) is 1. The highest BCUT2D eigenvalue weighted by Crippen LogP contribution is 2.49. The van der Waals surface area contributed by atoms with Gasteiger partial charge in [0.2, 0.25) is 11.8 Å². The molecule has 3 rings (SSSR count). The highest BCUT2D eigenvalue weighted by molar-refractivity contribution is 5.91. The van der Waals surface area contributed by atoms with E-state index in [1.54, 1.807) is 0 Å². The predicted molar refractivity (Wildman–Crippen MR) is 93.7 cm³/mol. The zero-order valence-corrected chi connectivity index (χ0v) is 14.5. The molecule has 2 aliphatic rings. The number of piperazine rings is 1. The fourth-order valence-electron chi connectivity index (χ4n) is 3.44. The molecule has 1 heterocycles. The monoisotopic (exact) mass is 329 g/mol. The van der Waals surface area contributed by atoms with E-state index in [-0.39, 0.29) is 17.2 Å². The molecule has 0 bridgehead atoms. The van der Waals surface area contributed by atoms with Gasteiger partial charge in [-0.15, -0.1) is 0 Å². The lowest BCUT2D eigenvalue weighted by molar-refractivity contribution is -0.136. The third kappa shape index (κ3) is 3.61. The Bertz CT molecular complexity index is 576.